The molecule has 0 aliphatic carbocycles. The number of rotatable bonds is 7. The van der Waals surface area contributed by atoms with Crippen molar-refractivity contribution >= 4 is 17.0 Å². The number of nitrogens with zero attached hydrogens (tertiary/aromatic N) is 2. The summed E-state index contributed by atoms with van der Waals surface area (Å²) in [7, 11) is 0. The van der Waals surface area contributed by atoms with Gasteiger partial charge in [0.15, 0.2) is 5.65 Å². The van der Waals surface area contributed by atoms with Crippen LogP contribution >= 0.6 is 0 Å². The van der Waals surface area contributed by atoms with E-state index in [0.29, 0.717) is 41.4 Å². The molecule has 0 saturated carbocycles. The summed E-state index contributed by atoms with van der Waals surface area (Å²) >= 11 is 0. The number of benzene rings is 2. The number of hydrogen-bond acceptors (Lipinski definition) is 5. The molecule has 7 nitrogen and oxygen atoms in total. The predicted molar refractivity (Wildman–Crippen MR) is 114 cm³/mol. The molecular weight excluding hydrogens is 382 g/mol. The summed E-state index contributed by atoms with van der Waals surface area (Å²) in [6.45, 7) is 4.88. The number of pyridine rings is 1. The second-order valence-corrected chi connectivity index (χ2v) is 6.54. The highest BCUT2D eigenvalue weighted by Crippen LogP contribution is 2.34. The van der Waals surface area contributed by atoms with Gasteiger partial charge < -0.3 is 14.6 Å². The topological polar surface area (TPSA) is 97.3 Å². The number of hydrogen-bond donors (Lipinski definition) is 2. The molecule has 7 heteroatoms. The highest BCUT2D eigenvalue weighted by molar-refractivity contribution is 6.08. The Morgan fingerprint density at radius 2 is 1.77 bits per heavy atom. The van der Waals surface area contributed by atoms with Crippen molar-refractivity contribution in [1.82, 2.24) is 15.2 Å². The number of H-pyrrole nitrogens is 1. The fraction of sp³-hybridized carbons (Fsp3) is 0.174. The maximum atomic E-state index is 12.1. The summed E-state index contributed by atoms with van der Waals surface area (Å²) in [5, 5.41) is 17.6. The zero-order valence-corrected chi connectivity index (χ0v) is 16.7. The lowest BCUT2D eigenvalue weighted by atomic mass is 10.0. The largest absolute Gasteiger partial charge is 0.494 e. The normalized spacial score (nSPS) is 10.9. The van der Waals surface area contributed by atoms with E-state index >= 15 is 0 Å². The lowest BCUT2D eigenvalue weighted by molar-refractivity contribution is 0.0699. The Hall–Kier alpha value is -3.87. The zero-order chi connectivity index (χ0) is 21.1. The molecule has 0 aliphatic heterocycles. The molecule has 0 amide bonds. The van der Waals surface area contributed by atoms with Gasteiger partial charge in [-0.3, -0.25) is 5.10 Å². The van der Waals surface area contributed by atoms with Crippen molar-refractivity contribution in [2.75, 3.05) is 13.2 Å². The van der Waals surface area contributed by atoms with Crippen molar-refractivity contribution in [2.24, 2.45) is 0 Å². The van der Waals surface area contributed by atoms with Crippen LogP contribution in [0.2, 0.25) is 0 Å². The smallest absolute Gasteiger partial charge is 0.336 e. The highest BCUT2D eigenvalue weighted by Gasteiger charge is 2.21. The van der Waals surface area contributed by atoms with Crippen LogP contribution in [0.1, 0.15) is 24.2 Å². The van der Waals surface area contributed by atoms with Crippen LogP contribution in [0.4, 0.5) is 0 Å². The van der Waals surface area contributed by atoms with Gasteiger partial charge in [-0.15, -0.1) is 0 Å². The van der Waals surface area contributed by atoms with Crippen molar-refractivity contribution in [3.63, 3.8) is 0 Å². The third-order valence-electron chi connectivity index (χ3n) is 4.67. The number of ether oxygens (including phenoxy) is 2. The molecule has 0 unspecified atom stereocenters. The molecule has 2 aromatic heterocycles. The fourth-order valence-electron chi connectivity index (χ4n) is 3.38. The Morgan fingerprint density at radius 1 is 1.03 bits per heavy atom. The SMILES string of the molecule is CCOc1ccc(-c2[nH]nc3nc(-c4ccccc4OCC)cc(C(=O)O)c23)cc1. The second-order valence-electron chi connectivity index (χ2n) is 6.54. The van der Waals surface area contributed by atoms with E-state index in [1.807, 2.05) is 62.4 Å². The Balaban J connectivity index is 1.87. The standard InChI is InChI=1S/C23H21N3O4/c1-3-29-15-11-9-14(10-12-15)21-20-17(23(27)28)13-18(24-22(20)26-25-21)16-7-5-6-8-19(16)30-4-2/h5-13H,3-4H2,1-2H3,(H,27,28)(H,24,25,26). The van der Waals surface area contributed by atoms with Crippen LogP contribution in [0.15, 0.2) is 54.6 Å². The molecule has 0 saturated heterocycles. The monoisotopic (exact) mass is 403 g/mol. The van der Waals surface area contributed by atoms with E-state index in [9.17, 15) is 9.90 Å². The number of aromatic nitrogens is 3. The molecule has 0 bridgehead atoms. The molecule has 2 aromatic carbocycles. The molecule has 0 aliphatic rings. The molecule has 2 N–H and O–H groups in total. The van der Waals surface area contributed by atoms with Crippen molar-refractivity contribution in [1.29, 1.82) is 0 Å². The van der Waals surface area contributed by atoms with Crippen LogP contribution in [0.5, 0.6) is 11.5 Å². The van der Waals surface area contributed by atoms with E-state index < -0.39 is 5.97 Å². The summed E-state index contributed by atoms with van der Waals surface area (Å²) in [6, 6.07) is 16.4. The van der Waals surface area contributed by atoms with Gasteiger partial charge in [0.1, 0.15) is 11.5 Å². The van der Waals surface area contributed by atoms with Crippen LogP contribution in [-0.4, -0.2) is 39.5 Å². The number of carboxylic acid groups (broad SMARTS) is 1. The first kappa shape index (κ1) is 19.4. The first-order chi connectivity index (χ1) is 14.6. The van der Waals surface area contributed by atoms with Gasteiger partial charge >= 0.3 is 5.97 Å². The van der Waals surface area contributed by atoms with Crippen molar-refractivity contribution in [3.05, 3.63) is 60.2 Å². The number of para-hydroxylation sites is 1. The average Bonchev–Trinajstić information content (AvgIpc) is 3.18. The van der Waals surface area contributed by atoms with Gasteiger partial charge in [0.25, 0.3) is 0 Å². The maximum absolute atomic E-state index is 12.1. The summed E-state index contributed by atoms with van der Waals surface area (Å²) in [4.78, 5) is 16.7. The summed E-state index contributed by atoms with van der Waals surface area (Å²) in [5.74, 6) is 0.341. The third-order valence-corrected chi connectivity index (χ3v) is 4.67. The molecule has 2 heterocycles. The molecule has 30 heavy (non-hydrogen) atoms. The number of fused-ring (bicyclic) bond motifs is 1. The molecule has 4 rings (SSSR count). The maximum Gasteiger partial charge on any atom is 0.336 e. The van der Waals surface area contributed by atoms with Crippen molar-refractivity contribution < 1.29 is 19.4 Å². The number of carboxylic acids is 1. The zero-order valence-electron chi connectivity index (χ0n) is 16.7. The van der Waals surface area contributed by atoms with Crippen LogP contribution in [0.25, 0.3) is 33.5 Å². The Bertz CT molecular complexity index is 1200. The first-order valence-corrected chi connectivity index (χ1v) is 9.70. The first-order valence-electron chi connectivity index (χ1n) is 9.70. The lowest BCUT2D eigenvalue weighted by Crippen LogP contribution is -2.01. The average molecular weight is 403 g/mol. The lowest BCUT2D eigenvalue weighted by Gasteiger charge is -2.10. The van der Waals surface area contributed by atoms with Crippen LogP contribution in [0.3, 0.4) is 0 Å². The van der Waals surface area contributed by atoms with Crippen molar-refractivity contribution in [2.45, 2.75) is 13.8 Å². The molecule has 0 atom stereocenters. The fourth-order valence-corrected chi connectivity index (χ4v) is 3.38. The van der Waals surface area contributed by atoms with Crippen LogP contribution in [-0.2, 0) is 0 Å². The number of nitrogens with one attached hydrogen (secondary N) is 1. The molecular formula is C23H21N3O4. The molecule has 0 spiro atoms. The Kier molecular flexibility index (Phi) is 5.34. The molecule has 0 radical (unpaired) electrons. The van der Waals surface area contributed by atoms with E-state index in [-0.39, 0.29) is 5.56 Å². The Morgan fingerprint density at radius 3 is 2.47 bits per heavy atom. The molecule has 152 valence electrons. The quantitative estimate of drug-likeness (QED) is 0.461. The predicted octanol–water partition coefficient (Wildman–Crippen LogP) is 4.79. The van der Waals surface area contributed by atoms with E-state index in [0.717, 1.165) is 16.9 Å². The molecule has 4 aromatic rings. The third kappa shape index (κ3) is 3.57. The summed E-state index contributed by atoms with van der Waals surface area (Å²) in [6.07, 6.45) is 0. The highest BCUT2D eigenvalue weighted by atomic mass is 16.5. The number of aromatic carboxylic acids is 1. The number of aromatic amines is 1. The minimum atomic E-state index is -1.05. The van der Waals surface area contributed by atoms with Gasteiger partial charge in [-0.05, 0) is 56.3 Å². The van der Waals surface area contributed by atoms with Gasteiger partial charge in [-0.1, -0.05) is 12.1 Å². The molecule has 0 fully saturated rings. The van der Waals surface area contributed by atoms with Gasteiger partial charge in [0, 0.05) is 11.1 Å². The van der Waals surface area contributed by atoms with Gasteiger partial charge in [-0.2, -0.15) is 5.10 Å². The van der Waals surface area contributed by atoms with Gasteiger partial charge in [0.05, 0.1) is 35.6 Å². The minimum absolute atomic E-state index is 0.124. The van der Waals surface area contributed by atoms with Gasteiger partial charge in [-0.25, -0.2) is 9.78 Å². The summed E-state index contributed by atoms with van der Waals surface area (Å²) < 4.78 is 11.2. The van der Waals surface area contributed by atoms with Crippen molar-refractivity contribution in [3.8, 4) is 34.0 Å². The van der Waals surface area contributed by atoms with Crippen LogP contribution in [0, 0.1) is 0 Å². The van der Waals surface area contributed by atoms with Gasteiger partial charge in [0.2, 0.25) is 0 Å². The second kappa shape index (κ2) is 8.24. The van der Waals surface area contributed by atoms with E-state index in [4.69, 9.17) is 9.47 Å². The minimum Gasteiger partial charge on any atom is -0.494 e. The van der Waals surface area contributed by atoms with E-state index in [1.54, 1.807) is 6.07 Å². The number of carbonyl (C=O) groups is 1. The summed E-state index contributed by atoms with van der Waals surface area (Å²) in [5.41, 5.74) is 3.07. The van der Waals surface area contributed by atoms with E-state index in [1.165, 1.54) is 0 Å². The van der Waals surface area contributed by atoms with Crippen LogP contribution < -0.4 is 9.47 Å². The Labute approximate surface area is 173 Å². The van der Waals surface area contributed by atoms with E-state index in [2.05, 4.69) is 15.2 Å².